The second kappa shape index (κ2) is 6.33. The summed E-state index contributed by atoms with van der Waals surface area (Å²) in [5.74, 6) is 2.11. The summed E-state index contributed by atoms with van der Waals surface area (Å²) in [4.78, 5) is 0. The van der Waals surface area contributed by atoms with E-state index in [1.54, 1.807) is 0 Å². The number of hydrogen-bond donors (Lipinski definition) is 1. The number of rotatable bonds is 6. The normalized spacial score (nSPS) is 10.7. The molecule has 1 heterocycles. The van der Waals surface area contributed by atoms with Crippen LogP contribution in [0.25, 0.3) is 0 Å². The number of aromatic nitrogens is 2. The van der Waals surface area contributed by atoms with E-state index in [9.17, 15) is 0 Å². The molecule has 0 saturated carbocycles. The van der Waals surface area contributed by atoms with Crippen LogP contribution in [0.3, 0.4) is 0 Å². The van der Waals surface area contributed by atoms with Crippen molar-refractivity contribution in [2.45, 2.75) is 26.7 Å². The van der Waals surface area contributed by atoms with E-state index in [-0.39, 0.29) is 0 Å². The molecule has 0 fully saturated rings. The quantitative estimate of drug-likeness (QED) is 0.858. The Kier molecular flexibility index (Phi) is 4.52. The minimum Gasteiger partial charge on any atom is -0.493 e. The largest absolute Gasteiger partial charge is 0.493 e. The molecule has 0 radical (unpaired) electrons. The minimum absolute atomic E-state index is 0.514. The van der Waals surface area contributed by atoms with Crippen LogP contribution >= 0.6 is 0 Å². The standard InChI is InChI=1S/C14H19N3O2/c1-10-4-3-5-11(2)14(10)18-9-7-13-17-16-12(19-13)6-8-15/h3-5H,6-9,15H2,1-2H3. The van der Waals surface area contributed by atoms with Crippen molar-refractivity contribution in [1.29, 1.82) is 0 Å². The molecule has 0 saturated heterocycles. The van der Waals surface area contributed by atoms with Crippen LogP contribution in [0.4, 0.5) is 0 Å². The van der Waals surface area contributed by atoms with E-state index in [0.29, 0.717) is 37.8 Å². The van der Waals surface area contributed by atoms with Gasteiger partial charge in [-0.05, 0) is 25.0 Å². The molecule has 0 aliphatic rings. The van der Waals surface area contributed by atoms with Crippen molar-refractivity contribution >= 4 is 0 Å². The Morgan fingerprint density at radius 3 is 2.37 bits per heavy atom. The number of hydrogen-bond acceptors (Lipinski definition) is 5. The first-order valence-corrected chi connectivity index (χ1v) is 6.41. The van der Waals surface area contributed by atoms with Gasteiger partial charge in [-0.15, -0.1) is 10.2 Å². The third-order valence-corrected chi connectivity index (χ3v) is 2.84. The molecular formula is C14H19N3O2. The van der Waals surface area contributed by atoms with Gasteiger partial charge in [0.25, 0.3) is 0 Å². The van der Waals surface area contributed by atoms with Gasteiger partial charge in [-0.1, -0.05) is 18.2 Å². The van der Waals surface area contributed by atoms with Crippen molar-refractivity contribution in [3.8, 4) is 5.75 Å². The molecule has 0 spiro atoms. The lowest BCUT2D eigenvalue weighted by Crippen LogP contribution is -2.04. The second-order valence-corrected chi connectivity index (χ2v) is 4.45. The van der Waals surface area contributed by atoms with Gasteiger partial charge >= 0.3 is 0 Å². The van der Waals surface area contributed by atoms with E-state index in [1.807, 2.05) is 32.0 Å². The summed E-state index contributed by atoms with van der Waals surface area (Å²) in [6.45, 7) is 5.11. The summed E-state index contributed by atoms with van der Waals surface area (Å²) in [5, 5.41) is 7.87. The molecule has 1 aromatic heterocycles. The van der Waals surface area contributed by atoms with E-state index in [2.05, 4.69) is 10.2 Å². The lowest BCUT2D eigenvalue weighted by atomic mass is 10.1. The zero-order chi connectivity index (χ0) is 13.7. The van der Waals surface area contributed by atoms with Crippen molar-refractivity contribution in [1.82, 2.24) is 10.2 Å². The fourth-order valence-electron chi connectivity index (χ4n) is 1.88. The maximum absolute atomic E-state index is 5.79. The number of para-hydroxylation sites is 1. The fourth-order valence-corrected chi connectivity index (χ4v) is 1.88. The summed E-state index contributed by atoms with van der Waals surface area (Å²) < 4.78 is 11.2. The first-order valence-electron chi connectivity index (χ1n) is 6.41. The molecule has 2 rings (SSSR count). The van der Waals surface area contributed by atoms with E-state index in [1.165, 1.54) is 0 Å². The van der Waals surface area contributed by atoms with E-state index >= 15 is 0 Å². The Labute approximate surface area is 112 Å². The SMILES string of the molecule is Cc1cccc(C)c1OCCc1nnc(CCN)o1. The van der Waals surface area contributed by atoms with Crippen LogP contribution in [0.15, 0.2) is 22.6 Å². The summed E-state index contributed by atoms with van der Waals surface area (Å²) in [6, 6.07) is 6.09. The number of benzene rings is 1. The maximum Gasteiger partial charge on any atom is 0.219 e. The molecule has 0 atom stereocenters. The van der Waals surface area contributed by atoms with E-state index in [0.717, 1.165) is 16.9 Å². The third kappa shape index (κ3) is 3.54. The Morgan fingerprint density at radius 2 is 1.74 bits per heavy atom. The molecule has 1 aromatic carbocycles. The molecule has 0 bridgehead atoms. The molecule has 5 nitrogen and oxygen atoms in total. The van der Waals surface area contributed by atoms with E-state index in [4.69, 9.17) is 14.9 Å². The Hall–Kier alpha value is -1.88. The molecule has 0 aliphatic heterocycles. The van der Waals surface area contributed by atoms with Crippen LogP contribution in [0, 0.1) is 13.8 Å². The minimum atomic E-state index is 0.514. The van der Waals surface area contributed by atoms with Crippen LogP contribution in [0.2, 0.25) is 0 Å². The highest BCUT2D eigenvalue weighted by Gasteiger charge is 2.07. The third-order valence-electron chi connectivity index (χ3n) is 2.84. The monoisotopic (exact) mass is 261 g/mol. The van der Waals surface area contributed by atoms with Gasteiger partial charge in [0.1, 0.15) is 5.75 Å². The maximum atomic E-state index is 5.79. The predicted molar refractivity (Wildman–Crippen MR) is 72.2 cm³/mol. The highest BCUT2D eigenvalue weighted by atomic mass is 16.5. The average Bonchev–Trinajstić information content (AvgIpc) is 2.81. The summed E-state index contributed by atoms with van der Waals surface area (Å²) in [5.41, 5.74) is 7.69. The van der Waals surface area contributed by atoms with Gasteiger partial charge in [0.15, 0.2) is 0 Å². The lowest BCUT2D eigenvalue weighted by Gasteiger charge is -2.10. The van der Waals surface area contributed by atoms with Crippen molar-refractivity contribution in [3.05, 3.63) is 41.1 Å². The van der Waals surface area contributed by atoms with Gasteiger partial charge in [0.05, 0.1) is 13.0 Å². The summed E-state index contributed by atoms with van der Waals surface area (Å²) >= 11 is 0. The Morgan fingerprint density at radius 1 is 1.11 bits per heavy atom. The molecule has 5 heteroatoms. The van der Waals surface area contributed by atoms with Gasteiger partial charge in [-0.2, -0.15) is 0 Å². The number of ether oxygens (including phenoxy) is 1. The van der Waals surface area contributed by atoms with Crippen LogP contribution in [0.5, 0.6) is 5.75 Å². The highest BCUT2D eigenvalue weighted by molar-refractivity contribution is 5.39. The fraction of sp³-hybridized carbons (Fsp3) is 0.429. The Bertz CT molecular complexity index is 517. The van der Waals surface area contributed by atoms with Crippen LogP contribution in [-0.4, -0.2) is 23.3 Å². The average molecular weight is 261 g/mol. The molecular weight excluding hydrogens is 242 g/mol. The van der Waals surface area contributed by atoms with Crippen molar-refractivity contribution in [2.75, 3.05) is 13.2 Å². The van der Waals surface area contributed by atoms with Crippen LogP contribution < -0.4 is 10.5 Å². The lowest BCUT2D eigenvalue weighted by molar-refractivity contribution is 0.300. The molecule has 2 aromatic rings. The summed E-state index contributed by atoms with van der Waals surface area (Å²) in [7, 11) is 0. The summed E-state index contributed by atoms with van der Waals surface area (Å²) in [6.07, 6.45) is 1.22. The zero-order valence-corrected chi connectivity index (χ0v) is 11.3. The van der Waals surface area contributed by atoms with Crippen molar-refractivity contribution in [2.24, 2.45) is 5.73 Å². The van der Waals surface area contributed by atoms with Crippen molar-refractivity contribution in [3.63, 3.8) is 0 Å². The first kappa shape index (κ1) is 13.5. The smallest absolute Gasteiger partial charge is 0.219 e. The topological polar surface area (TPSA) is 74.2 Å². The first-order chi connectivity index (χ1) is 9.20. The Balaban J connectivity index is 1.89. The zero-order valence-electron chi connectivity index (χ0n) is 11.3. The molecule has 0 unspecified atom stereocenters. The van der Waals surface area contributed by atoms with Crippen molar-refractivity contribution < 1.29 is 9.15 Å². The highest BCUT2D eigenvalue weighted by Crippen LogP contribution is 2.22. The van der Waals surface area contributed by atoms with E-state index < -0.39 is 0 Å². The molecule has 0 amide bonds. The molecule has 102 valence electrons. The van der Waals surface area contributed by atoms with Gasteiger partial charge in [-0.25, -0.2) is 0 Å². The van der Waals surface area contributed by atoms with Gasteiger partial charge in [0.2, 0.25) is 11.8 Å². The molecule has 19 heavy (non-hydrogen) atoms. The van der Waals surface area contributed by atoms with Gasteiger partial charge < -0.3 is 14.9 Å². The number of nitrogens with two attached hydrogens (primary N) is 1. The van der Waals surface area contributed by atoms with Gasteiger partial charge in [0, 0.05) is 13.0 Å². The molecule has 2 N–H and O–H groups in total. The van der Waals surface area contributed by atoms with Crippen LogP contribution in [0.1, 0.15) is 22.9 Å². The number of aryl methyl sites for hydroxylation is 2. The predicted octanol–water partition coefficient (Wildman–Crippen LogP) is 1.81. The number of nitrogens with zero attached hydrogens (tertiary/aromatic N) is 2. The second-order valence-electron chi connectivity index (χ2n) is 4.45. The molecule has 0 aliphatic carbocycles. The van der Waals surface area contributed by atoms with Crippen LogP contribution in [-0.2, 0) is 12.8 Å². The van der Waals surface area contributed by atoms with Gasteiger partial charge in [-0.3, -0.25) is 0 Å².